The fraction of sp³-hybridized carbons (Fsp3) is 0.333. The number of amides is 1. The average Bonchev–Trinajstić information content (AvgIpc) is 2.90. The lowest BCUT2D eigenvalue weighted by molar-refractivity contribution is 0.0778. The minimum absolute atomic E-state index is 0.115. The predicted octanol–water partition coefficient (Wildman–Crippen LogP) is 1.71. The zero-order valence-electron chi connectivity index (χ0n) is 12.7. The third-order valence-corrected chi connectivity index (χ3v) is 3.31. The predicted molar refractivity (Wildman–Crippen MR) is 78.6 cm³/mol. The quantitative estimate of drug-likeness (QED) is 0.841. The number of nitrogens with zero attached hydrogens (tertiary/aromatic N) is 3. The van der Waals surface area contributed by atoms with Gasteiger partial charge < -0.3 is 14.4 Å². The summed E-state index contributed by atoms with van der Waals surface area (Å²) in [4.78, 5) is 14.2. The van der Waals surface area contributed by atoms with Gasteiger partial charge in [0.05, 0.1) is 32.0 Å². The van der Waals surface area contributed by atoms with Crippen LogP contribution in [-0.2, 0) is 13.6 Å². The maximum absolute atomic E-state index is 12.5. The fourth-order valence-corrected chi connectivity index (χ4v) is 2.05. The van der Waals surface area contributed by atoms with Crippen LogP contribution in [0, 0.1) is 0 Å². The van der Waals surface area contributed by atoms with Crippen molar-refractivity contribution in [2.45, 2.75) is 6.54 Å². The number of hydrogen-bond acceptors (Lipinski definition) is 4. The highest BCUT2D eigenvalue weighted by Gasteiger charge is 2.18. The van der Waals surface area contributed by atoms with Gasteiger partial charge in [0.15, 0.2) is 0 Å². The molecule has 1 aromatic carbocycles. The summed E-state index contributed by atoms with van der Waals surface area (Å²) < 4.78 is 12.2. The first kappa shape index (κ1) is 14.9. The van der Waals surface area contributed by atoms with Crippen molar-refractivity contribution in [3.8, 4) is 11.5 Å². The first-order chi connectivity index (χ1) is 10.1. The van der Waals surface area contributed by atoms with E-state index in [9.17, 15) is 4.79 Å². The molecule has 112 valence electrons. The highest BCUT2D eigenvalue weighted by atomic mass is 16.5. The number of benzene rings is 1. The van der Waals surface area contributed by atoms with Gasteiger partial charge in [-0.25, -0.2) is 0 Å². The first-order valence-electron chi connectivity index (χ1n) is 6.51. The molecule has 2 aromatic rings. The summed E-state index contributed by atoms with van der Waals surface area (Å²) >= 11 is 0. The van der Waals surface area contributed by atoms with Crippen LogP contribution in [0.3, 0.4) is 0 Å². The molecule has 0 fully saturated rings. The van der Waals surface area contributed by atoms with Crippen molar-refractivity contribution in [2.24, 2.45) is 7.05 Å². The Hall–Kier alpha value is -2.50. The Morgan fingerprint density at radius 1 is 1.29 bits per heavy atom. The molecule has 1 heterocycles. The Bertz CT molecular complexity index is 637. The molecule has 1 aromatic heterocycles. The van der Waals surface area contributed by atoms with E-state index in [2.05, 4.69) is 5.10 Å². The molecule has 0 aliphatic heterocycles. The topological polar surface area (TPSA) is 56.6 Å². The number of carbonyl (C=O) groups excluding carboxylic acids is 1. The highest BCUT2D eigenvalue weighted by Crippen LogP contribution is 2.25. The van der Waals surface area contributed by atoms with Crippen molar-refractivity contribution in [2.75, 3.05) is 21.3 Å². The van der Waals surface area contributed by atoms with Gasteiger partial charge in [0.1, 0.15) is 11.5 Å². The molecule has 21 heavy (non-hydrogen) atoms. The maximum Gasteiger partial charge on any atom is 0.257 e. The summed E-state index contributed by atoms with van der Waals surface area (Å²) in [5, 5.41) is 4.10. The second-order valence-electron chi connectivity index (χ2n) is 4.67. The molecular weight excluding hydrogens is 270 g/mol. The van der Waals surface area contributed by atoms with Crippen LogP contribution in [-0.4, -0.2) is 41.9 Å². The molecular formula is C15H19N3O3. The molecule has 0 radical (unpaired) electrons. The van der Waals surface area contributed by atoms with E-state index < -0.39 is 0 Å². The van der Waals surface area contributed by atoms with Gasteiger partial charge >= 0.3 is 0 Å². The number of hydrogen-bond donors (Lipinski definition) is 0. The number of ether oxygens (including phenoxy) is 2. The van der Waals surface area contributed by atoms with Crippen LogP contribution in [0.1, 0.15) is 16.1 Å². The average molecular weight is 289 g/mol. The van der Waals surface area contributed by atoms with E-state index >= 15 is 0 Å². The molecule has 0 atom stereocenters. The van der Waals surface area contributed by atoms with Crippen LogP contribution in [0.15, 0.2) is 30.5 Å². The molecule has 0 saturated heterocycles. The van der Waals surface area contributed by atoms with Crippen LogP contribution in [0.4, 0.5) is 0 Å². The van der Waals surface area contributed by atoms with Gasteiger partial charge in [0.2, 0.25) is 0 Å². The van der Waals surface area contributed by atoms with Crippen LogP contribution in [0.2, 0.25) is 0 Å². The van der Waals surface area contributed by atoms with Crippen molar-refractivity contribution in [3.05, 3.63) is 41.7 Å². The number of aryl methyl sites for hydroxylation is 1. The number of carbonyl (C=O) groups is 1. The number of aromatic nitrogens is 2. The van der Waals surface area contributed by atoms with Crippen molar-refractivity contribution in [1.29, 1.82) is 0 Å². The monoisotopic (exact) mass is 289 g/mol. The molecule has 6 heteroatoms. The number of rotatable bonds is 5. The van der Waals surface area contributed by atoms with E-state index in [1.165, 1.54) is 7.11 Å². The lowest BCUT2D eigenvalue weighted by Gasteiger charge is -2.19. The molecule has 2 rings (SSSR count). The minimum atomic E-state index is -0.115. The van der Waals surface area contributed by atoms with Gasteiger partial charge in [0, 0.05) is 26.4 Å². The first-order valence-corrected chi connectivity index (χ1v) is 6.51. The third kappa shape index (κ3) is 3.16. The molecule has 0 spiro atoms. The van der Waals surface area contributed by atoms with E-state index in [1.54, 1.807) is 48.1 Å². The van der Waals surface area contributed by atoms with E-state index in [1.807, 2.05) is 13.1 Å². The maximum atomic E-state index is 12.5. The Balaban J connectivity index is 2.21. The van der Waals surface area contributed by atoms with Gasteiger partial charge in [-0.05, 0) is 18.2 Å². The Morgan fingerprint density at radius 2 is 2.05 bits per heavy atom. The van der Waals surface area contributed by atoms with E-state index in [0.29, 0.717) is 23.6 Å². The van der Waals surface area contributed by atoms with Gasteiger partial charge in [-0.2, -0.15) is 5.10 Å². The summed E-state index contributed by atoms with van der Waals surface area (Å²) in [6.45, 7) is 0.477. The van der Waals surface area contributed by atoms with Crippen molar-refractivity contribution >= 4 is 5.91 Å². The summed E-state index contributed by atoms with van der Waals surface area (Å²) in [7, 11) is 6.71. The standard InChI is InChI=1S/C15H19N3O3/c1-17(10-11-7-8-16-18(11)2)15(19)13-6-5-12(20-3)9-14(13)21-4/h5-9H,10H2,1-4H3. The largest absolute Gasteiger partial charge is 0.497 e. The van der Waals surface area contributed by atoms with Crippen molar-refractivity contribution in [3.63, 3.8) is 0 Å². The summed E-state index contributed by atoms with van der Waals surface area (Å²) in [5.74, 6) is 1.03. The second kappa shape index (κ2) is 6.30. The minimum Gasteiger partial charge on any atom is -0.497 e. The third-order valence-electron chi connectivity index (χ3n) is 3.31. The summed E-state index contributed by atoms with van der Waals surface area (Å²) in [6.07, 6.45) is 1.71. The number of methoxy groups -OCH3 is 2. The Labute approximate surface area is 123 Å². The lowest BCUT2D eigenvalue weighted by Crippen LogP contribution is -2.27. The zero-order valence-corrected chi connectivity index (χ0v) is 12.7. The van der Waals surface area contributed by atoms with E-state index in [0.717, 1.165) is 5.69 Å². The highest BCUT2D eigenvalue weighted by molar-refractivity contribution is 5.97. The zero-order chi connectivity index (χ0) is 15.4. The van der Waals surface area contributed by atoms with Crippen LogP contribution in [0.5, 0.6) is 11.5 Å². The molecule has 0 bridgehead atoms. The van der Waals surface area contributed by atoms with Crippen LogP contribution >= 0.6 is 0 Å². The molecule has 0 unspecified atom stereocenters. The van der Waals surface area contributed by atoms with Crippen molar-refractivity contribution < 1.29 is 14.3 Å². The molecule has 0 N–H and O–H groups in total. The smallest absolute Gasteiger partial charge is 0.257 e. The van der Waals surface area contributed by atoms with Crippen molar-refractivity contribution in [1.82, 2.24) is 14.7 Å². The van der Waals surface area contributed by atoms with Gasteiger partial charge in [0.25, 0.3) is 5.91 Å². The van der Waals surface area contributed by atoms with Crippen LogP contribution < -0.4 is 9.47 Å². The summed E-state index contributed by atoms with van der Waals surface area (Å²) in [6, 6.07) is 7.04. The van der Waals surface area contributed by atoms with Gasteiger partial charge in [-0.3, -0.25) is 9.48 Å². The fourth-order valence-electron chi connectivity index (χ4n) is 2.05. The summed E-state index contributed by atoms with van der Waals surface area (Å²) in [5.41, 5.74) is 1.46. The van der Waals surface area contributed by atoms with E-state index in [-0.39, 0.29) is 5.91 Å². The molecule has 6 nitrogen and oxygen atoms in total. The SMILES string of the molecule is COc1ccc(C(=O)N(C)Cc2ccnn2C)c(OC)c1. The molecule has 0 aliphatic rings. The molecule has 1 amide bonds. The van der Waals surface area contributed by atoms with Gasteiger partial charge in [-0.15, -0.1) is 0 Å². The lowest BCUT2D eigenvalue weighted by atomic mass is 10.1. The Morgan fingerprint density at radius 3 is 2.62 bits per heavy atom. The van der Waals surface area contributed by atoms with Crippen LogP contribution in [0.25, 0.3) is 0 Å². The van der Waals surface area contributed by atoms with Gasteiger partial charge in [-0.1, -0.05) is 0 Å². The normalized spacial score (nSPS) is 10.3. The molecule has 0 aliphatic carbocycles. The van der Waals surface area contributed by atoms with E-state index in [4.69, 9.17) is 9.47 Å². The Kier molecular flexibility index (Phi) is 4.47. The molecule has 0 saturated carbocycles. The second-order valence-corrected chi connectivity index (χ2v) is 4.67.